The Bertz CT molecular complexity index is 564. The highest BCUT2D eigenvalue weighted by atomic mass is 16.5. The minimum Gasteiger partial charge on any atom is -0.463 e. The van der Waals surface area contributed by atoms with Crippen LogP contribution in [0.2, 0.25) is 0 Å². The zero-order valence-corrected chi connectivity index (χ0v) is 10.1. The van der Waals surface area contributed by atoms with Gasteiger partial charge in [-0.15, -0.1) is 5.10 Å². The van der Waals surface area contributed by atoms with E-state index >= 15 is 0 Å². The molecule has 0 aliphatic rings. The Labute approximate surface area is 104 Å². The highest BCUT2D eigenvalue weighted by Gasteiger charge is 2.12. The van der Waals surface area contributed by atoms with Gasteiger partial charge < -0.3 is 10.5 Å². The average molecular weight is 247 g/mol. The van der Waals surface area contributed by atoms with Gasteiger partial charge in [0, 0.05) is 12.2 Å². The average Bonchev–Trinajstić information content (AvgIpc) is 2.87. The van der Waals surface area contributed by atoms with Crippen molar-refractivity contribution < 1.29 is 9.53 Å². The van der Waals surface area contributed by atoms with Crippen LogP contribution in [0.4, 0.5) is 0 Å². The predicted octanol–water partition coefficient (Wildman–Crippen LogP) is 0.469. The Balaban J connectivity index is 2.34. The fraction of sp³-hybridized carbons (Fsp3) is 0.273. The minimum absolute atomic E-state index is 0.00880. The van der Waals surface area contributed by atoms with Crippen molar-refractivity contribution in [3.63, 3.8) is 0 Å². The standard InChI is InChI=1S/C11H13N5O2/c1-7(12)8-3-4-13-9(5-8)16-6-14-10(15-16)11(17)18-2/h3-7H,12H2,1-2H3/t7-/m1/s1. The summed E-state index contributed by atoms with van der Waals surface area (Å²) in [4.78, 5) is 19.2. The molecule has 0 aliphatic heterocycles. The summed E-state index contributed by atoms with van der Waals surface area (Å²) in [6.07, 6.45) is 3.03. The van der Waals surface area contributed by atoms with Crippen LogP contribution in [-0.2, 0) is 4.74 Å². The molecule has 2 aromatic heterocycles. The molecule has 0 amide bonds. The smallest absolute Gasteiger partial charge is 0.377 e. The van der Waals surface area contributed by atoms with Crippen LogP contribution in [0.15, 0.2) is 24.7 Å². The summed E-state index contributed by atoms with van der Waals surface area (Å²) >= 11 is 0. The van der Waals surface area contributed by atoms with Crippen molar-refractivity contribution in [1.29, 1.82) is 0 Å². The number of esters is 1. The second-order valence-corrected chi connectivity index (χ2v) is 3.74. The van der Waals surface area contributed by atoms with Crippen LogP contribution in [0, 0.1) is 0 Å². The monoisotopic (exact) mass is 247 g/mol. The third-order valence-corrected chi connectivity index (χ3v) is 2.39. The van der Waals surface area contributed by atoms with Gasteiger partial charge >= 0.3 is 5.97 Å². The van der Waals surface area contributed by atoms with E-state index in [-0.39, 0.29) is 11.9 Å². The van der Waals surface area contributed by atoms with Gasteiger partial charge in [-0.3, -0.25) is 0 Å². The maximum absolute atomic E-state index is 11.2. The third kappa shape index (κ3) is 2.35. The summed E-state index contributed by atoms with van der Waals surface area (Å²) in [5.74, 6) is -0.0462. The fourth-order valence-corrected chi connectivity index (χ4v) is 1.40. The molecule has 0 fully saturated rings. The molecular formula is C11H13N5O2. The van der Waals surface area contributed by atoms with Crippen molar-refractivity contribution in [1.82, 2.24) is 19.7 Å². The fourth-order valence-electron chi connectivity index (χ4n) is 1.40. The molecule has 0 radical (unpaired) electrons. The predicted molar refractivity (Wildman–Crippen MR) is 63.1 cm³/mol. The molecule has 0 saturated carbocycles. The van der Waals surface area contributed by atoms with E-state index in [1.54, 1.807) is 12.3 Å². The number of nitrogens with zero attached hydrogens (tertiary/aromatic N) is 4. The first kappa shape index (κ1) is 12.2. The van der Waals surface area contributed by atoms with Gasteiger partial charge in [0.15, 0.2) is 5.82 Å². The molecule has 94 valence electrons. The number of hydrogen-bond acceptors (Lipinski definition) is 6. The van der Waals surface area contributed by atoms with Crippen LogP contribution in [0.3, 0.4) is 0 Å². The van der Waals surface area contributed by atoms with Crippen molar-refractivity contribution in [2.75, 3.05) is 7.11 Å². The lowest BCUT2D eigenvalue weighted by molar-refractivity contribution is 0.0587. The summed E-state index contributed by atoms with van der Waals surface area (Å²) < 4.78 is 5.93. The van der Waals surface area contributed by atoms with Crippen molar-refractivity contribution in [3.05, 3.63) is 36.0 Å². The molecule has 2 rings (SSSR count). The highest BCUT2D eigenvalue weighted by Crippen LogP contribution is 2.12. The number of carbonyl (C=O) groups is 1. The molecule has 2 N–H and O–H groups in total. The normalized spacial score (nSPS) is 12.2. The molecule has 18 heavy (non-hydrogen) atoms. The zero-order chi connectivity index (χ0) is 13.1. The Kier molecular flexibility index (Phi) is 3.33. The molecule has 2 heterocycles. The Hall–Kier alpha value is -2.28. The van der Waals surface area contributed by atoms with Crippen molar-refractivity contribution in [2.45, 2.75) is 13.0 Å². The van der Waals surface area contributed by atoms with Gasteiger partial charge in [-0.1, -0.05) is 0 Å². The Morgan fingerprint density at radius 3 is 2.94 bits per heavy atom. The highest BCUT2D eigenvalue weighted by molar-refractivity contribution is 5.84. The topological polar surface area (TPSA) is 95.9 Å². The van der Waals surface area contributed by atoms with E-state index in [4.69, 9.17) is 5.73 Å². The zero-order valence-electron chi connectivity index (χ0n) is 10.1. The lowest BCUT2D eigenvalue weighted by atomic mass is 10.1. The van der Waals surface area contributed by atoms with Gasteiger partial charge in [-0.25, -0.2) is 19.4 Å². The van der Waals surface area contributed by atoms with Crippen LogP contribution in [0.1, 0.15) is 29.1 Å². The third-order valence-electron chi connectivity index (χ3n) is 2.39. The van der Waals surface area contributed by atoms with Gasteiger partial charge in [0.25, 0.3) is 5.82 Å². The van der Waals surface area contributed by atoms with Crippen LogP contribution < -0.4 is 5.73 Å². The van der Waals surface area contributed by atoms with Crippen LogP contribution in [0.5, 0.6) is 0 Å². The van der Waals surface area contributed by atoms with E-state index in [9.17, 15) is 4.79 Å². The minimum atomic E-state index is -0.586. The molecule has 0 unspecified atom stereocenters. The molecule has 0 bridgehead atoms. The maximum Gasteiger partial charge on any atom is 0.377 e. The van der Waals surface area contributed by atoms with Gasteiger partial charge in [0.2, 0.25) is 0 Å². The number of hydrogen-bond donors (Lipinski definition) is 1. The van der Waals surface area contributed by atoms with E-state index in [0.717, 1.165) is 5.56 Å². The number of nitrogens with two attached hydrogens (primary N) is 1. The maximum atomic E-state index is 11.2. The van der Waals surface area contributed by atoms with E-state index in [0.29, 0.717) is 5.82 Å². The van der Waals surface area contributed by atoms with E-state index in [2.05, 4.69) is 19.8 Å². The SMILES string of the molecule is COC(=O)c1ncn(-c2cc([C@@H](C)N)ccn2)n1. The van der Waals surface area contributed by atoms with Crippen LogP contribution >= 0.6 is 0 Å². The van der Waals surface area contributed by atoms with Gasteiger partial charge in [-0.05, 0) is 24.6 Å². The van der Waals surface area contributed by atoms with Crippen molar-refractivity contribution in [2.24, 2.45) is 5.73 Å². The van der Waals surface area contributed by atoms with Crippen molar-refractivity contribution in [3.8, 4) is 5.82 Å². The van der Waals surface area contributed by atoms with Crippen LogP contribution in [0.25, 0.3) is 5.82 Å². The van der Waals surface area contributed by atoms with Crippen molar-refractivity contribution >= 4 is 5.97 Å². The Morgan fingerprint density at radius 1 is 1.50 bits per heavy atom. The molecule has 0 aromatic carbocycles. The molecule has 1 atom stereocenters. The van der Waals surface area contributed by atoms with Crippen LogP contribution in [-0.4, -0.2) is 32.8 Å². The molecule has 0 spiro atoms. The van der Waals surface area contributed by atoms with E-state index in [1.807, 2.05) is 13.0 Å². The quantitative estimate of drug-likeness (QED) is 0.792. The molecular weight excluding hydrogens is 234 g/mol. The first-order chi connectivity index (χ1) is 8.61. The summed E-state index contributed by atoms with van der Waals surface area (Å²) in [5.41, 5.74) is 6.71. The summed E-state index contributed by atoms with van der Waals surface area (Å²) in [6, 6.07) is 3.52. The Morgan fingerprint density at radius 2 is 2.28 bits per heavy atom. The number of aromatic nitrogens is 4. The summed E-state index contributed by atoms with van der Waals surface area (Å²) in [5, 5.41) is 3.98. The second-order valence-electron chi connectivity index (χ2n) is 3.74. The summed E-state index contributed by atoms with van der Waals surface area (Å²) in [7, 11) is 1.28. The number of methoxy groups -OCH3 is 1. The van der Waals surface area contributed by atoms with E-state index in [1.165, 1.54) is 18.1 Å². The number of carbonyl (C=O) groups excluding carboxylic acids is 1. The van der Waals surface area contributed by atoms with E-state index < -0.39 is 5.97 Å². The number of rotatable bonds is 3. The summed E-state index contributed by atoms with van der Waals surface area (Å²) in [6.45, 7) is 1.88. The van der Waals surface area contributed by atoms with Gasteiger partial charge in [0.05, 0.1) is 7.11 Å². The van der Waals surface area contributed by atoms with Gasteiger partial charge in [-0.2, -0.15) is 0 Å². The lowest BCUT2D eigenvalue weighted by Gasteiger charge is -2.06. The van der Waals surface area contributed by atoms with Gasteiger partial charge in [0.1, 0.15) is 6.33 Å². The molecule has 7 heteroatoms. The number of pyridine rings is 1. The lowest BCUT2D eigenvalue weighted by Crippen LogP contribution is -2.08. The number of ether oxygens (including phenoxy) is 1. The first-order valence-corrected chi connectivity index (χ1v) is 5.33. The molecule has 0 saturated heterocycles. The largest absolute Gasteiger partial charge is 0.463 e. The second kappa shape index (κ2) is 4.92. The molecule has 2 aromatic rings. The molecule has 7 nitrogen and oxygen atoms in total. The first-order valence-electron chi connectivity index (χ1n) is 5.33. The molecule has 0 aliphatic carbocycles.